The molecule has 2 heterocycles. The highest BCUT2D eigenvalue weighted by Gasteiger charge is 2.25. The lowest BCUT2D eigenvalue weighted by Crippen LogP contribution is -2.44. The van der Waals surface area contributed by atoms with Gasteiger partial charge in [-0.1, -0.05) is 25.1 Å². The molecule has 20 heavy (non-hydrogen) atoms. The first-order valence-corrected chi connectivity index (χ1v) is 7.64. The summed E-state index contributed by atoms with van der Waals surface area (Å²) in [5.74, 6) is 0.279. The summed E-state index contributed by atoms with van der Waals surface area (Å²) in [7, 11) is 0. The highest BCUT2D eigenvalue weighted by Crippen LogP contribution is 2.23. The third kappa shape index (κ3) is 2.45. The van der Waals surface area contributed by atoms with Crippen LogP contribution in [0.15, 0.2) is 30.5 Å². The van der Waals surface area contributed by atoms with Crippen molar-refractivity contribution in [1.29, 1.82) is 0 Å². The van der Waals surface area contributed by atoms with Crippen molar-refractivity contribution in [3.05, 3.63) is 36.0 Å². The van der Waals surface area contributed by atoms with Crippen LogP contribution in [0.5, 0.6) is 0 Å². The van der Waals surface area contributed by atoms with E-state index in [1.54, 1.807) is 0 Å². The lowest BCUT2D eigenvalue weighted by Gasteiger charge is -2.35. The maximum absolute atomic E-state index is 12.6. The fourth-order valence-electron chi connectivity index (χ4n) is 3.30. The van der Waals surface area contributed by atoms with E-state index in [2.05, 4.69) is 28.9 Å². The van der Waals surface area contributed by atoms with Crippen molar-refractivity contribution in [2.24, 2.45) is 0 Å². The molecule has 3 nitrogen and oxygen atoms in total. The first kappa shape index (κ1) is 13.2. The van der Waals surface area contributed by atoms with E-state index in [0.29, 0.717) is 12.5 Å². The zero-order valence-corrected chi connectivity index (χ0v) is 12.1. The molecule has 1 amide bonds. The molecule has 2 aromatic rings. The van der Waals surface area contributed by atoms with Crippen LogP contribution in [0.2, 0.25) is 0 Å². The molecule has 0 aliphatic carbocycles. The van der Waals surface area contributed by atoms with Gasteiger partial charge >= 0.3 is 0 Å². The van der Waals surface area contributed by atoms with Crippen molar-refractivity contribution in [3.63, 3.8) is 0 Å². The second kappa shape index (κ2) is 5.70. The lowest BCUT2D eigenvalue weighted by molar-refractivity contribution is -0.134. The zero-order valence-electron chi connectivity index (χ0n) is 12.1. The van der Waals surface area contributed by atoms with Gasteiger partial charge in [0.05, 0.1) is 6.42 Å². The molecule has 3 rings (SSSR count). The Hall–Kier alpha value is -1.77. The van der Waals surface area contributed by atoms with Crippen LogP contribution in [0, 0.1) is 0 Å². The molecule has 1 saturated heterocycles. The van der Waals surface area contributed by atoms with E-state index in [4.69, 9.17) is 0 Å². The van der Waals surface area contributed by atoms with Gasteiger partial charge in [0.15, 0.2) is 0 Å². The largest absolute Gasteiger partial charge is 0.361 e. The smallest absolute Gasteiger partial charge is 0.227 e. The van der Waals surface area contributed by atoms with Crippen molar-refractivity contribution in [2.45, 2.75) is 45.1 Å². The standard InChI is InChI=1S/C17H22N2O/c1-2-14-7-5-6-10-19(14)17(20)11-13-12-18-16-9-4-3-8-15(13)16/h3-4,8-9,12,14,18H,2,5-7,10-11H2,1H3. The number of rotatable bonds is 3. The molecule has 1 aliphatic heterocycles. The van der Waals surface area contributed by atoms with Gasteiger partial charge in [-0.3, -0.25) is 4.79 Å². The average molecular weight is 270 g/mol. The zero-order chi connectivity index (χ0) is 13.9. The molecule has 1 aromatic heterocycles. The number of fused-ring (bicyclic) bond motifs is 1. The van der Waals surface area contributed by atoms with Crippen molar-refractivity contribution < 1.29 is 4.79 Å². The number of amides is 1. The Morgan fingerprint density at radius 1 is 1.35 bits per heavy atom. The van der Waals surface area contributed by atoms with Crippen molar-refractivity contribution in [1.82, 2.24) is 9.88 Å². The number of likely N-dealkylation sites (tertiary alicyclic amines) is 1. The van der Waals surface area contributed by atoms with Gasteiger partial charge in [-0.05, 0) is 37.3 Å². The number of benzene rings is 1. The predicted octanol–water partition coefficient (Wildman–Crippen LogP) is 3.50. The van der Waals surface area contributed by atoms with Gasteiger partial charge < -0.3 is 9.88 Å². The van der Waals surface area contributed by atoms with Gasteiger partial charge in [-0.2, -0.15) is 0 Å². The number of hydrogen-bond donors (Lipinski definition) is 1. The van der Waals surface area contributed by atoms with Gasteiger partial charge in [0.2, 0.25) is 5.91 Å². The molecule has 0 radical (unpaired) electrons. The van der Waals surface area contributed by atoms with Gasteiger partial charge in [-0.15, -0.1) is 0 Å². The number of hydrogen-bond acceptors (Lipinski definition) is 1. The minimum Gasteiger partial charge on any atom is -0.361 e. The van der Waals surface area contributed by atoms with Crippen LogP contribution in [-0.2, 0) is 11.2 Å². The fraction of sp³-hybridized carbons (Fsp3) is 0.471. The molecule has 1 fully saturated rings. The van der Waals surface area contributed by atoms with Crippen molar-refractivity contribution >= 4 is 16.8 Å². The number of aromatic amines is 1. The van der Waals surface area contributed by atoms with Gasteiger partial charge in [0.25, 0.3) is 0 Å². The molecule has 0 saturated carbocycles. The quantitative estimate of drug-likeness (QED) is 0.910. The van der Waals surface area contributed by atoms with E-state index in [-0.39, 0.29) is 5.91 Å². The maximum atomic E-state index is 12.6. The highest BCUT2D eigenvalue weighted by atomic mass is 16.2. The number of para-hydroxylation sites is 1. The van der Waals surface area contributed by atoms with E-state index < -0.39 is 0 Å². The Morgan fingerprint density at radius 3 is 3.05 bits per heavy atom. The van der Waals surface area contributed by atoms with Gasteiger partial charge in [-0.25, -0.2) is 0 Å². The molecule has 3 heteroatoms. The third-order valence-corrected chi connectivity index (χ3v) is 4.44. The van der Waals surface area contributed by atoms with E-state index >= 15 is 0 Å². The summed E-state index contributed by atoms with van der Waals surface area (Å²) in [6.45, 7) is 3.11. The van der Waals surface area contributed by atoms with Crippen LogP contribution in [0.1, 0.15) is 38.2 Å². The average Bonchev–Trinajstić information content (AvgIpc) is 2.90. The molecular weight excluding hydrogens is 248 g/mol. The Kier molecular flexibility index (Phi) is 3.77. The van der Waals surface area contributed by atoms with Crippen molar-refractivity contribution in [3.8, 4) is 0 Å². The molecular formula is C17H22N2O. The number of nitrogens with one attached hydrogen (secondary N) is 1. The van der Waals surface area contributed by atoms with Crippen LogP contribution in [0.25, 0.3) is 10.9 Å². The topological polar surface area (TPSA) is 36.1 Å². The van der Waals surface area contributed by atoms with E-state index in [1.807, 2.05) is 18.3 Å². The van der Waals surface area contributed by atoms with E-state index in [0.717, 1.165) is 36.9 Å². The summed E-state index contributed by atoms with van der Waals surface area (Å²) in [6, 6.07) is 8.63. The normalized spacial score (nSPS) is 19.4. The van der Waals surface area contributed by atoms with E-state index in [9.17, 15) is 4.79 Å². The number of H-pyrrole nitrogens is 1. The van der Waals surface area contributed by atoms with Crippen LogP contribution in [-0.4, -0.2) is 28.4 Å². The number of aromatic nitrogens is 1. The Labute approximate surface area is 120 Å². The third-order valence-electron chi connectivity index (χ3n) is 4.44. The first-order valence-electron chi connectivity index (χ1n) is 7.64. The van der Waals surface area contributed by atoms with Crippen LogP contribution >= 0.6 is 0 Å². The lowest BCUT2D eigenvalue weighted by atomic mass is 9.99. The van der Waals surface area contributed by atoms with Gasteiger partial charge in [0, 0.05) is 29.7 Å². The second-order valence-corrected chi connectivity index (χ2v) is 5.68. The van der Waals surface area contributed by atoms with Crippen LogP contribution < -0.4 is 0 Å². The van der Waals surface area contributed by atoms with Crippen LogP contribution in [0.3, 0.4) is 0 Å². The maximum Gasteiger partial charge on any atom is 0.227 e. The molecule has 0 bridgehead atoms. The molecule has 0 spiro atoms. The molecule has 1 aliphatic rings. The SMILES string of the molecule is CCC1CCCCN1C(=O)Cc1c[nH]c2ccccc12. The Morgan fingerprint density at radius 2 is 2.20 bits per heavy atom. The summed E-state index contributed by atoms with van der Waals surface area (Å²) in [4.78, 5) is 17.9. The molecule has 1 aromatic carbocycles. The summed E-state index contributed by atoms with van der Waals surface area (Å²) >= 11 is 0. The number of piperidine rings is 1. The molecule has 1 N–H and O–H groups in total. The highest BCUT2D eigenvalue weighted by molar-refractivity contribution is 5.89. The first-order chi connectivity index (χ1) is 9.79. The molecule has 1 atom stereocenters. The molecule has 1 unspecified atom stereocenters. The number of carbonyl (C=O) groups is 1. The van der Waals surface area contributed by atoms with E-state index in [1.165, 1.54) is 11.8 Å². The predicted molar refractivity (Wildman–Crippen MR) is 81.6 cm³/mol. The fourth-order valence-corrected chi connectivity index (χ4v) is 3.30. The minimum atomic E-state index is 0.279. The summed E-state index contributed by atoms with van der Waals surface area (Å²) in [6.07, 6.45) is 7.13. The Balaban J connectivity index is 1.78. The number of nitrogens with zero attached hydrogens (tertiary/aromatic N) is 1. The molecule has 106 valence electrons. The number of carbonyl (C=O) groups excluding carboxylic acids is 1. The second-order valence-electron chi connectivity index (χ2n) is 5.68. The summed E-state index contributed by atoms with van der Waals surface area (Å²) < 4.78 is 0. The van der Waals surface area contributed by atoms with Crippen LogP contribution in [0.4, 0.5) is 0 Å². The Bertz CT molecular complexity index is 602. The van der Waals surface area contributed by atoms with Gasteiger partial charge in [0.1, 0.15) is 0 Å². The minimum absolute atomic E-state index is 0.279. The van der Waals surface area contributed by atoms with Crippen molar-refractivity contribution in [2.75, 3.05) is 6.54 Å². The monoisotopic (exact) mass is 270 g/mol. The summed E-state index contributed by atoms with van der Waals surface area (Å²) in [5, 5.41) is 1.17. The summed E-state index contributed by atoms with van der Waals surface area (Å²) in [5.41, 5.74) is 2.23.